The third-order valence-electron chi connectivity index (χ3n) is 9.61. The molecule has 0 N–H and O–H groups in total. The van der Waals surface area contributed by atoms with Crippen molar-refractivity contribution in [3.63, 3.8) is 0 Å². The minimum Gasteiger partial charge on any atom is -0.493 e. The predicted molar refractivity (Wildman–Crippen MR) is 193 cm³/mol. The van der Waals surface area contributed by atoms with Crippen molar-refractivity contribution in [3.05, 3.63) is 120 Å². The van der Waals surface area contributed by atoms with E-state index in [1.807, 2.05) is 18.2 Å². The minimum absolute atomic E-state index is 0.138. The summed E-state index contributed by atoms with van der Waals surface area (Å²) in [5.41, 5.74) is 2.84. The summed E-state index contributed by atoms with van der Waals surface area (Å²) < 4.78 is 47.6. The van der Waals surface area contributed by atoms with Gasteiger partial charge in [0.15, 0.2) is 11.5 Å². The van der Waals surface area contributed by atoms with Gasteiger partial charge in [-0.3, -0.25) is 4.90 Å². The second-order valence-electron chi connectivity index (χ2n) is 12.4. The van der Waals surface area contributed by atoms with Crippen LogP contribution in [0.15, 0.2) is 108 Å². The first kappa shape index (κ1) is 35.5. The Balaban J connectivity index is 1.59. The van der Waals surface area contributed by atoms with Gasteiger partial charge < -0.3 is 14.2 Å². The molecule has 0 aromatic heterocycles. The number of benzene rings is 4. The Labute approximate surface area is 287 Å². The highest BCUT2D eigenvalue weighted by Gasteiger charge is 2.47. The van der Waals surface area contributed by atoms with Crippen LogP contribution in [0.5, 0.6) is 17.2 Å². The van der Waals surface area contributed by atoms with E-state index in [0.29, 0.717) is 36.9 Å². The fourth-order valence-electron chi connectivity index (χ4n) is 7.28. The molecule has 1 aliphatic rings. The molecular weight excluding hydrogens is 621 g/mol. The number of nitrogens with zero attached hydrogens (tertiary/aromatic N) is 2. The number of hydrogen-bond acceptors (Lipinski definition) is 6. The van der Waals surface area contributed by atoms with Crippen LogP contribution in [0, 0.1) is 0 Å². The lowest BCUT2D eigenvalue weighted by Gasteiger charge is -2.51. The summed E-state index contributed by atoms with van der Waals surface area (Å²) >= 11 is 0. The lowest BCUT2D eigenvalue weighted by Crippen LogP contribution is -2.61. The van der Waals surface area contributed by atoms with Gasteiger partial charge in [-0.25, -0.2) is 8.42 Å². The van der Waals surface area contributed by atoms with E-state index in [2.05, 4.69) is 84.6 Å². The Kier molecular flexibility index (Phi) is 12.2. The van der Waals surface area contributed by atoms with Gasteiger partial charge in [0.05, 0.1) is 31.8 Å². The van der Waals surface area contributed by atoms with Crippen LogP contribution in [0.2, 0.25) is 0 Å². The average Bonchev–Trinajstić information content (AvgIpc) is 3.14. The maximum Gasteiger partial charge on any atom is 0.243 e. The Hall–Kier alpha value is -3.85. The molecule has 1 unspecified atom stereocenters. The molecule has 7 nitrogen and oxygen atoms in total. The van der Waals surface area contributed by atoms with Crippen molar-refractivity contribution in [3.8, 4) is 17.2 Å². The van der Waals surface area contributed by atoms with Crippen LogP contribution in [0.25, 0.3) is 0 Å². The highest BCUT2D eigenvalue weighted by molar-refractivity contribution is 7.89. The molecule has 1 aliphatic heterocycles. The van der Waals surface area contributed by atoms with E-state index in [9.17, 15) is 8.42 Å². The second kappa shape index (κ2) is 16.5. The van der Waals surface area contributed by atoms with Gasteiger partial charge in [0.2, 0.25) is 15.8 Å². The molecule has 0 bridgehead atoms. The molecule has 1 fully saturated rings. The van der Waals surface area contributed by atoms with Crippen LogP contribution in [0.1, 0.15) is 68.6 Å². The Bertz CT molecular complexity index is 1560. The van der Waals surface area contributed by atoms with Crippen LogP contribution in [-0.2, 0) is 15.6 Å². The van der Waals surface area contributed by atoms with Crippen molar-refractivity contribution in [2.24, 2.45) is 0 Å². The molecule has 1 saturated heterocycles. The number of unbranched alkanes of at least 4 members (excludes halogenated alkanes) is 5. The fraction of sp³-hybridized carbons (Fsp3) is 0.400. The van der Waals surface area contributed by atoms with E-state index in [4.69, 9.17) is 14.2 Å². The molecule has 8 heteroatoms. The Morgan fingerprint density at radius 3 is 1.60 bits per heavy atom. The van der Waals surface area contributed by atoms with Crippen molar-refractivity contribution in [1.82, 2.24) is 9.21 Å². The van der Waals surface area contributed by atoms with E-state index in [1.54, 1.807) is 16.4 Å². The maximum absolute atomic E-state index is 14.6. The summed E-state index contributed by atoms with van der Waals surface area (Å²) in [6.07, 6.45) is 7.59. The van der Waals surface area contributed by atoms with Crippen molar-refractivity contribution >= 4 is 10.0 Å². The minimum atomic E-state index is -3.92. The molecule has 256 valence electrons. The maximum atomic E-state index is 14.6. The van der Waals surface area contributed by atoms with E-state index >= 15 is 0 Å². The van der Waals surface area contributed by atoms with Gasteiger partial charge >= 0.3 is 0 Å². The highest BCUT2D eigenvalue weighted by Crippen LogP contribution is 2.45. The zero-order valence-electron chi connectivity index (χ0n) is 28.8. The molecule has 5 rings (SSSR count). The number of piperazine rings is 1. The summed E-state index contributed by atoms with van der Waals surface area (Å²) in [5, 5.41) is 0. The van der Waals surface area contributed by atoms with Gasteiger partial charge in [0.25, 0.3) is 0 Å². The molecule has 1 heterocycles. The third-order valence-corrected chi connectivity index (χ3v) is 11.5. The monoisotopic (exact) mass is 670 g/mol. The van der Waals surface area contributed by atoms with Gasteiger partial charge in [-0.05, 0) is 23.1 Å². The largest absolute Gasteiger partial charge is 0.493 e. The van der Waals surface area contributed by atoms with Crippen LogP contribution in [0.4, 0.5) is 0 Å². The molecule has 0 aliphatic carbocycles. The van der Waals surface area contributed by atoms with Crippen LogP contribution in [0.3, 0.4) is 0 Å². The zero-order chi connectivity index (χ0) is 34.0. The van der Waals surface area contributed by atoms with E-state index in [1.165, 1.54) is 40.6 Å². The predicted octanol–water partition coefficient (Wildman–Crippen LogP) is 8.13. The number of methoxy groups -OCH3 is 3. The van der Waals surface area contributed by atoms with Crippen molar-refractivity contribution in [2.45, 2.75) is 68.3 Å². The molecule has 0 spiro atoms. The fourth-order valence-corrected chi connectivity index (χ4v) is 8.95. The highest BCUT2D eigenvalue weighted by atomic mass is 32.2. The summed E-state index contributed by atoms with van der Waals surface area (Å²) in [7, 11) is 0.600. The second-order valence-corrected chi connectivity index (χ2v) is 14.3. The van der Waals surface area contributed by atoms with Crippen molar-refractivity contribution in [1.29, 1.82) is 0 Å². The first-order valence-electron chi connectivity index (χ1n) is 17.1. The zero-order valence-corrected chi connectivity index (χ0v) is 29.6. The standard InChI is InChI=1S/C40H50N2O5S/c1-5-6-7-8-9-19-26-35-31-41(27-28-42(35)48(43,44)36-29-37(45-2)39(47-4)38(30-36)46-3)40(32-20-13-10-14-21-32,33-22-15-11-16-23-33)34-24-17-12-18-25-34/h10-18,20-25,29-30,35H,5-9,19,26-28,31H2,1-4H3. The summed E-state index contributed by atoms with van der Waals surface area (Å²) in [6, 6.07) is 34.7. The first-order valence-corrected chi connectivity index (χ1v) is 18.6. The first-order chi connectivity index (χ1) is 23.4. The lowest BCUT2D eigenvalue weighted by atomic mass is 9.75. The Morgan fingerprint density at radius 2 is 1.15 bits per heavy atom. The van der Waals surface area contributed by atoms with Crippen LogP contribution < -0.4 is 14.2 Å². The molecule has 4 aromatic rings. The van der Waals surface area contributed by atoms with Gasteiger partial charge in [0.1, 0.15) is 0 Å². The number of hydrogen-bond donors (Lipinski definition) is 0. The topological polar surface area (TPSA) is 68.3 Å². The van der Waals surface area contributed by atoms with Crippen molar-refractivity contribution in [2.75, 3.05) is 41.0 Å². The molecule has 0 saturated carbocycles. The lowest BCUT2D eigenvalue weighted by molar-refractivity contribution is 0.0664. The van der Waals surface area contributed by atoms with E-state index in [0.717, 1.165) is 42.4 Å². The molecule has 0 amide bonds. The Morgan fingerprint density at radius 1 is 0.667 bits per heavy atom. The quantitative estimate of drug-likeness (QED) is 0.0886. The average molecular weight is 671 g/mol. The summed E-state index contributed by atoms with van der Waals surface area (Å²) in [5.74, 6) is 1.00. The van der Waals surface area contributed by atoms with Crippen LogP contribution in [-0.4, -0.2) is 64.6 Å². The van der Waals surface area contributed by atoms with Gasteiger partial charge in [-0.1, -0.05) is 136 Å². The van der Waals surface area contributed by atoms with Crippen molar-refractivity contribution < 1.29 is 22.6 Å². The number of rotatable bonds is 16. The summed E-state index contributed by atoms with van der Waals surface area (Å²) in [4.78, 5) is 2.65. The van der Waals surface area contributed by atoms with E-state index in [-0.39, 0.29) is 10.9 Å². The van der Waals surface area contributed by atoms with Gasteiger partial charge in [0, 0.05) is 37.8 Å². The summed E-state index contributed by atoms with van der Waals surface area (Å²) in [6.45, 7) is 3.67. The molecule has 1 atom stereocenters. The molecular formula is C40H50N2O5S. The smallest absolute Gasteiger partial charge is 0.243 e. The molecule has 4 aromatic carbocycles. The normalized spacial score (nSPS) is 16.0. The van der Waals surface area contributed by atoms with Crippen LogP contribution >= 0.6 is 0 Å². The van der Waals surface area contributed by atoms with Gasteiger partial charge in [-0.15, -0.1) is 0 Å². The third kappa shape index (κ3) is 7.26. The molecule has 48 heavy (non-hydrogen) atoms. The number of sulfonamides is 1. The SMILES string of the molecule is CCCCCCCCC1CN(C(c2ccccc2)(c2ccccc2)c2ccccc2)CCN1S(=O)(=O)c1cc(OC)c(OC)c(OC)c1. The number of ether oxygens (including phenoxy) is 3. The van der Waals surface area contributed by atoms with Gasteiger partial charge in [-0.2, -0.15) is 4.31 Å². The molecule has 0 radical (unpaired) electrons. The van der Waals surface area contributed by atoms with E-state index < -0.39 is 15.6 Å².